The molecule has 2 amide bonds. The summed E-state index contributed by atoms with van der Waals surface area (Å²) < 4.78 is 5.13. The summed E-state index contributed by atoms with van der Waals surface area (Å²) in [7, 11) is 0. The van der Waals surface area contributed by atoms with Crippen LogP contribution < -0.4 is 10.6 Å². The summed E-state index contributed by atoms with van der Waals surface area (Å²) in [5.74, 6) is -0.308. The molecule has 0 aromatic heterocycles. The lowest BCUT2D eigenvalue weighted by atomic mass is 10.1. The molecule has 3 rings (SSSR count). The standard InChI is InChI=1S/C22H24N2O4S/c1-15(7-8-16-5-3-2-4-6-16)23-21(26)14-28-22(27)17-9-10-19-18(13-17)24-20(25)11-12-29-19/h2-6,9-10,13,15H,7-8,11-12,14H2,1H3,(H,23,26)(H,24,25)/t15-/m0/s1. The molecule has 2 aromatic carbocycles. The van der Waals surface area contributed by atoms with Crippen LogP contribution in [0.1, 0.15) is 35.7 Å². The number of anilines is 1. The number of nitrogens with one attached hydrogen (secondary N) is 2. The zero-order valence-electron chi connectivity index (χ0n) is 16.3. The van der Waals surface area contributed by atoms with Gasteiger partial charge in [0.2, 0.25) is 5.91 Å². The van der Waals surface area contributed by atoms with Gasteiger partial charge in [0.25, 0.3) is 5.91 Å². The van der Waals surface area contributed by atoms with Crippen molar-refractivity contribution >= 4 is 35.2 Å². The molecule has 0 saturated carbocycles. The van der Waals surface area contributed by atoms with Crippen molar-refractivity contribution in [3.05, 3.63) is 59.7 Å². The minimum absolute atomic E-state index is 0.0267. The first kappa shape index (κ1) is 20.9. The second-order valence-corrected chi connectivity index (χ2v) is 8.06. The lowest BCUT2D eigenvalue weighted by Crippen LogP contribution is -2.36. The Kier molecular flexibility index (Phi) is 7.30. The van der Waals surface area contributed by atoms with Gasteiger partial charge in [-0.25, -0.2) is 4.79 Å². The van der Waals surface area contributed by atoms with E-state index in [1.54, 1.807) is 30.0 Å². The zero-order valence-corrected chi connectivity index (χ0v) is 17.1. The largest absolute Gasteiger partial charge is 0.452 e. The van der Waals surface area contributed by atoms with Gasteiger partial charge in [-0.3, -0.25) is 9.59 Å². The maximum atomic E-state index is 12.3. The van der Waals surface area contributed by atoms with Crippen molar-refractivity contribution in [2.75, 3.05) is 17.7 Å². The second kappa shape index (κ2) is 10.1. The fourth-order valence-electron chi connectivity index (χ4n) is 2.98. The van der Waals surface area contributed by atoms with E-state index >= 15 is 0 Å². The number of fused-ring (bicyclic) bond motifs is 1. The number of ether oxygens (including phenoxy) is 1. The molecule has 0 fully saturated rings. The van der Waals surface area contributed by atoms with Crippen LogP contribution in [0.25, 0.3) is 0 Å². The maximum Gasteiger partial charge on any atom is 0.338 e. The molecule has 1 aliphatic rings. The van der Waals surface area contributed by atoms with Crippen LogP contribution in [0.3, 0.4) is 0 Å². The Balaban J connectivity index is 1.46. The van der Waals surface area contributed by atoms with Gasteiger partial charge in [-0.05, 0) is 43.5 Å². The molecule has 0 radical (unpaired) electrons. The lowest BCUT2D eigenvalue weighted by molar-refractivity contribution is -0.124. The number of amides is 2. The van der Waals surface area contributed by atoms with Gasteiger partial charge < -0.3 is 15.4 Å². The van der Waals surface area contributed by atoms with Gasteiger partial charge >= 0.3 is 5.97 Å². The van der Waals surface area contributed by atoms with Crippen molar-refractivity contribution in [3.63, 3.8) is 0 Å². The number of benzene rings is 2. The number of rotatable bonds is 7. The molecule has 152 valence electrons. The van der Waals surface area contributed by atoms with Crippen LogP contribution in [0.2, 0.25) is 0 Å². The normalized spacial score (nSPS) is 14.2. The summed E-state index contributed by atoms with van der Waals surface area (Å²) in [5.41, 5.74) is 2.12. The van der Waals surface area contributed by atoms with E-state index in [2.05, 4.69) is 22.8 Å². The highest BCUT2D eigenvalue weighted by atomic mass is 32.2. The Bertz CT molecular complexity index is 886. The molecule has 7 heteroatoms. The van der Waals surface area contributed by atoms with E-state index in [0.717, 1.165) is 17.7 Å². The number of esters is 1. The molecular formula is C22H24N2O4S. The number of carbonyl (C=O) groups is 3. The fourth-order valence-corrected chi connectivity index (χ4v) is 3.91. The van der Waals surface area contributed by atoms with Crippen molar-refractivity contribution in [2.45, 2.75) is 37.1 Å². The third-order valence-corrected chi connectivity index (χ3v) is 5.60. The lowest BCUT2D eigenvalue weighted by Gasteiger charge is -2.14. The van der Waals surface area contributed by atoms with Crippen LogP contribution in [0.5, 0.6) is 0 Å². The summed E-state index contributed by atoms with van der Waals surface area (Å²) in [6.07, 6.45) is 2.09. The van der Waals surface area contributed by atoms with E-state index < -0.39 is 5.97 Å². The third kappa shape index (κ3) is 6.35. The SMILES string of the molecule is C[C@@H](CCc1ccccc1)NC(=O)COC(=O)c1ccc2c(c1)NC(=O)CCS2. The van der Waals surface area contributed by atoms with E-state index in [1.807, 2.05) is 25.1 Å². The highest BCUT2D eigenvalue weighted by Crippen LogP contribution is 2.31. The average Bonchev–Trinajstić information content (AvgIpc) is 2.91. The van der Waals surface area contributed by atoms with Crippen LogP contribution >= 0.6 is 11.8 Å². The van der Waals surface area contributed by atoms with Gasteiger partial charge in [0.1, 0.15) is 0 Å². The average molecular weight is 413 g/mol. The van der Waals surface area contributed by atoms with Crippen LogP contribution in [-0.4, -0.2) is 36.2 Å². The van der Waals surface area contributed by atoms with Crippen molar-refractivity contribution < 1.29 is 19.1 Å². The summed E-state index contributed by atoms with van der Waals surface area (Å²) >= 11 is 1.56. The van der Waals surface area contributed by atoms with E-state index in [1.165, 1.54) is 5.56 Å². The minimum Gasteiger partial charge on any atom is -0.452 e. The Morgan fingerprint density at radius 3 is 2.79 bits per heavy atom. The number of hydrogen-bond acceptors (Lipinski definition) is 5. The van der Waals surface area contributed by atoms with E-state index in [9.17, 15) is 14.4 Å². The van der Waals surface area contributed by atoms with Gasteiger partial charge in [-0.2, -0.15) is 0 Å². The fraction of sp³-hybridized carbons (Fsp3) is 0.318. The molecule has 0 saturated heterocycles. The van der Waals surface area contributed by atoms with Gasteiger partial charge in [0.05, 0.1) is 11.3 Å². The summed E-state index contributed by atoms with van der Waals surface area (Å²) in [6, 6.07) is 15.1. The molecular weight excluding hydrogens is 388 g/mol. The molecule has 29 heavy (non-hydrogen) atoms. The van der Waals surface area contributed by atoms with E-state index in [-0.39, 0.29) is 24.5 Å². The highest BCUT2D eigenvalue weighted by molar-refractivity contribution is 7.99. The monoisotopic (exact) mass is 412 g/mol. The molecule has 6 nitrogen and oxygen atoms in total. The molecule has 2 aromatic rings. The number of hydrogen-bond donors (Lipinski definition) is 2. The summed E-state index contributed by atoms with van der Waals surface area (Å²) in [5, 5.41) is 5.63. The summed E-state index contributed by atoms with van der Waals surface area (Å²) in [6.45, 7) is 1.59. The Morgan fingerprint density at radius 1 is 1.21 bits per heavy atom. The quantitative estimate of drug-likeness (QED) is 0.681. The topological polar surface area (TPSA) is 84.5 Å². The van der Waals surface area contributed by atoms with E-state index in [4.69, 9.17) is 4.74 Å². The zero-order chi connectivity index (χ0) is 20.6. The first-order chi connectivity index (χ1) is 14.0. The van der Waals surface area contributed by atoms with Crippen molar-refractivity contribution in [2.24, 2.45) is 0 Å². The molecule has 1 heterocycles. The molecule has 1 atom stereocenters. The molecule has 2 N–H and O–H groups in total. The summed E-state index contributed by atoms with van der Waals surface area (Å²) in [4.78, 5) is 37.0. The van der Waals surface area contributed by atoms with Crippen molar-refractivity contribution in [3.8, 4) is 0 Å². The number of thioether (sulfide) groups is 1. The molecule has 0 aliphatic carbocycles. The third-order valence-electron chi connectivity index (χ3n) is 4.53. The van der Waals surface area contributed by atoms with Crippen LogP contribution in [0, 0.1) is 0 Å². The highest BCUT2D eigenvalue weighted by Gasteiger charge is 2.17. The number of aryl methyl sites for hydroxylation is 1. The Labute approximate surface area is 174 Å². The van der Waals surface area contributed by atoms with Gasteiger partial charge in [-0.1, -0.05) is 30.3 Å². The predicted octanol–water partition coefficient (Wildman–Crippen LogP) is 3.42. The predicted molar refractivity (Wildman–Crippen MR) is 113 cm³/mol. The first-order valence-electron chi connectivity index (χ1n) is 9.58. The Morgan fingerprint density at radius 2 is 2.00 bits per heavy atom. The first-order valence-corrected chi connectivity index (χ1v) is 10.6. The number of carbonyl (C=O) groups excluding carboxylic acids is 3. The van der Waals surface area contributed by atoms with Gasteiger partial charge in [0, 0.05) is 23.1 Å². The smallest absolute Gasteiger partial charge is 0.338 e. The van der Waals surface area contributed by atoms with Gasteiger partial charge in [-0.15, -0.1) is 11.8 Å². The van der Waals surface area contributed by atoms with Crippen molar-refractivity contribution in [1.29, 1.82) is 0 Å². The van der Waals surface area contributed by atoms with E-state index in [0.29, 0.717) is 23.4 Å². The molecule has 0 spiro atoms. The van der Waals surface area contributed by atoms with Gasteiger partial charge in [0.15, 0.2) is 6.61 Å². The van der Waals surface area contributed by atoms with Crippen LogP contribution in [0.15, 0.2) is 53.4 Å². The van der Waals surface area contributed by atoms with Crippen LogP contribution in [-0.2, 0) is 20.7 Å². The molecule has 1 aliphatic heterocycles. The second-order valence-electron chi connectivity index (χ2n) is 6.93. The minimum atomic E-state index is -0.594. The van der Waals surface area contributed by atoms with Crippen molar-refractivity contribution in [1.82, 2.24) is 5.32 Å². The molecule has 0 unspecified atom stereocenters. The molecule has 0 bridgehead atoms. The maximum absolute atomic E-state index is 12.3. The van der Waals surface area contributed by atoms with Crippen LogP contribution in [0.4, 0.5) is 5.69 Å². The Hall–Kier alpha value is -2.80.